The van der Waals surface area contributed by atoms with Crippen LogP contribution in [0, 0.1) is 0 Å². The maximum atomic E-state index is 13.3. The number of aromatic amines is 1. The number of aryl methyl sites for hydroxylation is 1. The fourth-order valence-corrected chi connectivity index (χ4v) is 3.99. The van der Waals surface area contributed by atoms with Gasteiger partial charge in [0.1, 0.15) is 22.8 Å². The number of carbonyl (C=O) groups is 2. The number of hydrogen-bond donors (Lipinski definition) is 3. The first-order valence-electron chi connectivity index (χ1n) is 12.9. The summed E-state index contributed by atoms with van der Waals surface area (Å²) in [5, 5.41) is 5.82. The van der Waals surface area contributed by atoms with Crippen LogP contribution >= 0.6 is 0 Å². The van der Waals surface area contributed by atoms with Crippen LogP contribution in [0.3, 0.4) is 0 Å². The zero-order valence-electron chi connectivity index (χ0n) is 23.2. The van der Waals surface area contributed by atoms with E-state index in [2.05, 4.69) is 19.9 Å². The Kier molecular flexibility index (Phi) is 8.27. The highest BCUT2D eigenvalue weighted by atomic mass is 16.5. The Morgan fingerprint density at radius 3 is 2.35 bits per heavy atom. The topological polar surface area (TPSA) is 165 Å². The van der Waals surface area contributed by atoms with Crippen LogP contribution < -0.4 is 20.6 Å². The first-order valence-corrected chi connectivity index (χ1v) is 12.9. The molecule has 0 unspecified atom stereocenters. The zero-order chi connectivity index (χ0) is 29.0. The first-order chi connectivity index (χ1) is 19.1. The van der Waals surface area contributed by atoms with Crippen molar-refractivity contribution in [3.63, 3.8) is 0 Å². The van der Waals surface area contributed by atoms with Crippen LogP contribution in [0.2, 0.25) is 0 Å². The third-order valence-corrected chi connectivity index (χ3v) is 6.18. The minimum Gasteiger partial charge on any atom is -0.437 e. The van der Waals surface area contributed by atoms with E-state index in [-0.39, 0.29) is 35.3 Å². The average molecular weight is 546 g/mol. The van der Waals surface area contributed by atoms with Crippen molar-refractivity contribution in [2.75, 3.05) is 27.2 Å². The third kappa shape index (κ3) is 5.85. The lowest BCUT2D eigenvalue weighted by molar-refractivity contribution is -0.114. The molecule has 208 valence electrons. The summed E-state index contributed by atoms with van der Waals surface area (Å²) in [4.78, 5) is 45.5. The van der Waals surface area contributed by atoms with Crippen LogP contribution in [0.15, 0.2) is 42.5 Å². The molecule has 4 aromatic rings. The lowest BCUT2D eigenvalue weighted by Gasteiger charge is -2.20. The summed E-state index contributed by atoms with van der Waals surface area (Å²) in [5.41, 5.74) is 7.83. The molecule has 0 fully saturated rings. The van der Waals surface area contributed by atoms with Crippen molar-refractivity contribution >= 4 is 28.8 Å². The minimum absolute atomic E-state index is 0.0686. The van der Waals surface area contributed by atoms with Gasteiger partial charge in [-0.2, -0.15) is 9.97 Å². The van der Waals surface area contributed by atoms with Gasteiger partial charge in [-0.05, 0) is 50.2 Å². The van der Waals surface area contributed by atoms with Crippen LogP contribution in [0.1, 0.15) is 52.9 Å². The lowest BCUT2D eigenvalue weighted by atomic mass is 10.1. The van der Waals surface area contributed by atoms with Crippen molar-refractivity contribution in [1.29, 1.82) is 0 Å². The molecule has 0 spiro atoms. The summed E-state index contributed by atoms with van der Waals surface area (Å²) in [6.45, 7) is 6.78. The number of nitrogens with zero attached hydrogens (tertiary/aromatic N) is 5. The maximum Gasteiger partial charge on any atom is 0.327 e. The molecule has 2 heterocycles. The molecule has 0 aliphatic carbocycles. The smallest absolute Gasteiger partial charge is 0.327 e. The largest absolute Gasteiger partial charge is 0.437 e. The predicted molar refractivity (Wildman–Crippen MR) is 150 cm³/mol. The fraction of sp³-hybridized carbons (Fsp3) is 0.286. The molecule has 0 aliphatic rings. The van der Waals surface area contributed by atoms with Gasteiger partial charge < -0.3 is 24.3 Å². The Balaban J connectivity index is 1.79. The normalized spacial score (nSPS) is 10.8. The van der Waals surface area contributed by atoms with Crippen LogP contribution in [-0.4, -0.2) is 74.6 Å². The SMILES string of the molecule is CCc1nc2nc(Oc3cc(C(N)=[NH2+])ccc3C(=O)N(CC)CC)nc(Oc3cccc(C(=O)N(C)C)c3)c2[nH]1. The molecule has 0 atom stereocenters. The number of benzene rings is 2. The number of rotatable bonds is 10. The Morgan fingerprint density at radius 2 is 1.70 bits per heavy atom. The highest BCUT2D eigenvalue weighted by Gasteiger charge is 2.22. The van der Waals surface area contributed by atoms with Crippen molar-refractivity contribution < 1.29 is 24.5 Å². The van der Waals surface area contributed by atoms with Crippen molar-refractivity contribution in [1.82, 2.24) is 29.7 Å². The second-order valence-corrected chi connectivity index (χ2v) is 9.12. The molecule has 4 rings (SSSR count). The van der Waals surface area contributed by atoms with Crippen LogP contribution in [-0.2, 0) is 6.42 Å². The standard InChI is InChI=1S/C28H32N8O4/c1-6-21-31-22-24(32-21)33-28(34-25(22)39-18-11-9-10-17(14-18)26(37)35(4)5)40-20-15-16(23(29)30)12-13-19(20)27(38)36(7-2)8-3/h9-15H,6-8H2,1-5H3,(H3,29,30)(H,31,32,33,34)/p+1. The van der Waals surface area contributed by atoms with Crippen molar-refractivity contribution in [3.05, 3.63) is 65.0 Å². The number of carbonyl (C=O) groups excluding carboxylic acids is 2. The van der Waals surface area contributed by atoms with E-state index in [0.717, 1.165) is 0 Å². The average Bonchev–Trinajstić information content (AvgIpc) is 3.37. The molecule has 2 aromatic carbocycles. The molecule has 2 amide bonds. The molecule has 2 aromatic heterocycles. The molecule has 0 saturated heterocycles. The molecule has 5 N–H and O–H groups in total. The summed E-state index contributed by atoms with van der Waals surface area (Å²) in [6.07, 6.45) is 0.620. The molecular formula is C28H33N8O4+. The Labute approximate surface area is 231 Å². The number of amidine groups is 1. The van der Waals surface area contributed by atoms with E-state index in [1.54, 1.807) is 61.5 Å². The summed E-state index contributed by atoms with van der Waals surface area (Å²) in [5.74, 6) is 1.05. The minimum atomic E-state index is -0.227. The van der Waals surface area contributed by atoms with E-state index in [9.17, 15) is 9.59 Å². The monoisotopic (exact) mass is 545 g/mol. The van der Waals surface area contributed by atoms with Crippen molar-refractivity contribution in [3.8, 4) is 23.4 Å². The zero-order valence-corrected chi connectivity index (χ0v) is 23.2. The number of amides is 2. The predicted octanol–water partition coefficient (Wildman–Crippen LogP) is 2.15. The Hall–Kier alpha value is -5.00. The van der Waals surface area contributed by atoms with E-state index in [0.29, 0.717) is 58.9 Å². The van der Waals surface area contributed by atoms with Gasteiger partial charge in [-0.25, -0.2) is 4.98 Å². The fourth-order valence-electron chi connectivity index (χ4n) is 3.99. The van der Waals surface area contributed by atoms with Crippen LogP contribution in [0.25, 0.3) is 11.2 Å². The second-order valence-electron chi connectivity index (χ2n) is 9.12. The highest BCUT2D eigenvalue weighted by molar-refractivity contribution is 6.00. The molecular weight excluding hydrogens is 512 g/mol. The Bertz CT molecular complexity index is 1580. The van der Waals surface area contributed by atoms with Gasteiger partial charge in [0.2, 0.25) is 0 Å². The maximum absolute atomic E-state index is 13.3. The third-order valence-electron chi connectivity index (χ3n) is 6.18. The van der Waals surface area contributed by atoms with Gasteiger partial charge in [0.25, 0.3) is 23.5 Å². The summed E-state index contributed by atoms with van der Waals surface area (Å²) in [7, 11) is 3.35. The van der Waals surface area contributed by atoms with Crippen LogP contribution in [0.5, 0.6) is 23.4 Å². The van der Waals surface area contributed by atoms with Gasteiger partial charge in [-0.15, -0.1) is 0 Å². The molecule has 40 heavy (non-hydrogen) atoms. The Morgan fingerprint density at radius 1 is 0.950 bits per heavy atom. The number of H-pyrrole nitrogens is 1. The molecule has 0 saturated carbocycles. The molecule has 0 aliphatic heterocycles. The lowest BCUT2D eigenvalue weighted by Crippen LogP contribution is -2.46. The van der Waals surface area contributed by atoms with Gasteiger partial charge in [-0.1, -0.05) is 13.0 Å². The number of nitrogens with two attached hydrogens (primary N) is 2. The van der Waals surface area contributed by atoms with E-state index in [4.69, 9.17) is 20.6 Å². The number of fused-ring (bicyclic) bond motifs is 1. The quantitative estimate of drug-likeness (QED) is 0.201. The second kappa shape index (κ2) is 11.8. The van der Waals surface area contributed by atoms with E-state index >= 15 is 0 Å². The van der Waals surface area contributed by atoms with E-state index in [1.165, 1.54) is 4.90 Å². The van der Waals surface area contributed by atoms with Crippen molar-refractivity contribution in [2.45, 2.75) is 27.2 Å². The summed E-state index contributed by atoms with van der Waals surface area (Å²) < 4.78 is 12.2. The van der Waals surface area contributed by atoms with Gasteiger partial charge in [0.15, 0.2) is 5.65 Å². The number of imidazole rings is 1. The van der Waals surface area contributed by atoms with Gasteiger partial charge in [0, 0.05) is 39.2 Å². The summed E-state index contributed by atoms with van der Waals surface area (Å²) >= 11 is 0. The molecule has 0 radical (unpaired) electrons. The molecule has 12 nitrogen and oxygen atoms in total. The van der Waals surface area contributed by atoms with E-state index < -0.39 is 0 Å². The number of hydrogen-bond acceptors (Lipinski definition) is 7. The van der Waals surface area contributed by atoms with Gasteiger partial charge >= 0.3 is 6.01 Å². The first kappa shape index (κ1) is 28.0. The number of aromatic nitrogens is 4. The molecule has 12 heteroatoms. The number of nitrogens with one attached hydrogen (secondary N) is 1. The number of ether oxygens (including phenoxy) is 2. The van der Waals surface area contributed by atoms with Crippen molar-refractivity contribution in [2.24, 2.45) is 5.73 Å². The van der Waals surface area contributed by atoms with Gasteiger partial charge in [-0.3, -0.25) is 20.7 Å². The van der Waals surface area contributed by atoms with Gasteiger partial charge in [0.05, 0.1) is 11.1 Å². The molecule has 0 bridgehead atoms. The summed E-state index contributed by atoms with van der Waals surface area (Å²) in [6, 6.07) is 11.5. The van der Waals surface area contributed by atoms with E-state index in [1.807, 2.05) is 20.8 Å². The highest BCUT2D eigenvalue weighted by Crippen LogP contribution is 2.32. The van der Waals surface area contributed by atoms with Crippen LogP contribution in [0.4, 0.5) is 0 Å².